The Kier molecular flexibility index (Phi) is 6.92. The number of amides is 1. The van der Waals surface area contributed by atoms with Crippen molar-refractivity contribution in [1.82, 2.24) is 5.32 Å². The Morgan fingerprint density at radius 3 is 2.50 bits per heavy atom. The van der Waals surface area contributed by atoms with Crippen molar-refractivity contribution in [2.75, 3.05) is 25.1 Å². The molecule has 0 saturated heterocycles. The van der Waals surface area contributed by atoms with Crippen molar-refractivity contribution in [3.8, 4) is 0 Å². The molecule has 0 unspecified atom stereocenters. The summed E-state index contributed by atoms with van der Waals surface area (Å²) in [7, 11) is 0. The van der Waals surface area contributed by atoms with Gasteiger partial charge in [0.2, 0.25) is 0 Å². The highest BCUT2D eigenvalue weighted by Gasteiger charge is 2.15. The molecule has 0 atom stereocenters. The lowest BCUT2D eigenvalue weighted by Crippen LogP contribution is -2.34. The number of carbonyl (C=O) groups is 1. The van der Waals surface area contributed by atoms with Crippen LogP contribution in [0.25, 0.3) is 0 Å². The van der Waals surface area contributed by atoms with E-state index < -0.39 is 11.7 Å². The summed E-state index contributed by atoms with van der Waals surface area (Å²) in [5.74, 6) is 0. The molecule has 0 spiro atoms. The predicted octanol–water partition coefficient (Wildman–Crippen LogP) is 1.92. The molecule has 0 aliphatic carbocycles. The van der Waals surface area contributed by atoms with Crippen LogP contribution in [0.15, 0.2) is 0 Å². The van der Waals surface area contributed by atoms with Crippen LogP contribution in [0.3, 0.4) is 0 Å². The largest absolute Gasteiger partial charge is 0.444 e. The molecular weight excluding hydrogens is 250 g/mol. The maximum atomic E-state index is 11.1. The minimum atomic E-state index is -0.444. The summed E-state index contributed by atoms with van der Waals surface area (Å²) in [5.41, 5.74) is -0.444. The molecule has 0 heterocycles. The van der Waals surface area contributed by atoms with Gasteiger partial charge in [0, 0.05) is 11.9 Å². The van der Waals surface area contributed by atoms with Crippen molar-refractivity contribution in [2.45, 2.75) is 26.4 Å². The molecule has 4 nitrogen and oxygen atoms in total. The topological polar surface area (TPSA) is 47.6 Å². The molecule has 0 rings (SSSR count). The summed E-state index contributed by atoms with van der Waals surface area (Å²) in [6.07, 6.45) is -0.403. The number of alkyl halides is 1. The van der Waals surface area contributed by atoms with Crippen molar-refractivity contribution in [3.63, 3.8) is 0 Å². The molecule has 0 fully saturated rings. The number of hydrogen-bond donors (Lipinski definition) is 1. The highest BCUT2D eigenvalue weighted by atomic mass is 79.9. The van der Waals surface area contributed by atoms with Crippen LogP contribution in [0.4, 0.5) is 4.79 Å². The fraction of sp³-hybridized carbons (Fsp3) is 0.889. The second kappa shape index (κ2) is 7.06. The third kappa shape index (κ3) is 9.80. The zero-order valence-electron chi connectivity index (χ0n) is 8.93. The van der Waals surface area contributed by atoms with Crippen LogP contribution >= 0.6 is 15.9 Å². The summed E-state index contributed by atoms with van der Waals surface area (Å²) < 4.78 is 10.2. The SMILES string of the molecule is CC(C)(C)OC(=O)NCCOCCBr. The monoisotopic (exact) mass is 267 g/mol. The highest BCUT2D eigenvalue weighted by molar-refractivity contribution is 9.09. The van der Waals surface area contributed by atoms with E-state index in [-0.39, 0.29) is 0 Å². The number of halogens is 1. The Morgan fingerprint density at radius 2 is 2.00 bits per heavy atom. The van der Waals surface area contributed by atoms with Crippen molar-refractivity contribution >= 4 is 22.0 Å². The number of nitrogens with one attached hydrogen (secondary N) is 1. The summed E-state index contributed by atoms with van der Waals surface area (Å²) in [4.78, 5) is 11.1. The van der Waals surface area contributed by atoms with Gasteiger partial charge in [0.15, 0.2) is 0 Å². The zero-order valence-corrected chi connectivity index (χ0v) is 10.5. The molecule has 1 amide bonds. The van der Waals surface area contributed by atoms with Crippen LogP contribution in [0, 0.1) is 0 Å². The molecule has 0 aromatic carbocycles. The smallest absolute Gasteiger partial charge is 0.407 e. The summed E-state index contributed by atoms with van der Waals surface area (Å²) in [5, 5.41) is 3.40. The molecule has 14 heavy (non-hydrogen) atoms. The van der Waals surface area contributed by atoms with Crippen LogP contribution < -0.4 is 5.32 Å². The van der Waals surface area contributed by atoms with Crippen LogP contribution in [-0.4, -0.2) is 36.8 Å². The summed E-state index contributed by atoms with van der Waals surface area (Å²) in [6, 6.07) is 0. The van der Waals surface area contributed by atoms with E-state index in [0.717, 1.165) is 5.33 Å². The minimum Gasteiger partial charge on any atom is -0.444 e. The van der Waals surface area contributed by atoms with Crippen molar-refractivity contribution in [2.24, 2.45) is 0 Å². The normalized spacial score (nSPS) is 11.1. The van der Waals surface area contributed by atoms with Crippen LogP contribution in [0.5, 0.6) is 0 Å². The molecule has 5 heteroatoms. The molecular formula is C9H18BrNO3. The number of ether oxygens (including phenoxy) is 2. The molecule has 0 aromatic rings. The lowest BCUT2D eigenvalue weighted by atomic mass is 10.2. The molecule has 84 valence electrons. The van der Waals surface area contributed by atoms with E-state index in [1.165, 1.54) is 0 Å². The second-order valence-electron chi connectivity index (χ2n) is 3.73. The third-order valence-corrected chi connectivity index (χ3v) is 1.46. The minimum absolute atomic E-state index is 0.403. The molecule has 0 aliphatic rings. The van der Waals surface area contributed by atoms with Gasteiger partial charge in [-0.15, -0.1) is 0 Å². The van der Waals surface area contributed by atoms with E-state index in [4.69, 9.17) is 9.47 Å². The van der Waals surface area contributed by atoms with Crippen LogP contribution in [0.2, 0.25) is 0 Å². The second-order valence-corrected chi connectivity index (χ2v) is 4.52. The van der Waals surface area contributed by atoms with Crippen molar-refractivity contribution in [3.05, 3.63) is 0 Å². The number of hydrogen-bond acceptors (Lipinski definition) is 3. The fourth-order valence-corrected chi connectivity index (χ4v) is 0.925. The van der Waals surface area contributed by atoms with E-state index in [1.807, 2.05) is 20.8 Å². The van der Waals surface area contributed by atoms with E-state index in [2.05, 4.69) is 21.2 Å². The third-order valence-electron chi connectivity index (χ3n) is 1.14. The summed E-state index contributed by atoms with van der Waals surface area (Å²) >= 11 is 3.23. The quantitative estimate of drug-likeness (QED) is 0.612. The number of alkyl carbamates (subject to hydrolysis) is 1. The Labute approximate surface area is 93.5 Å². The molecule has 0 saturated carbocycles. The molecule has 0 aromatic heterocycles. The van der Waals surface area contributed by atoms with Gasteiger partial charge in [-0.2, -0.15) is 0 Å². The number of carbonyl (C=O) groups excluding carboxylic acids is 1. The van der Waals surface area contributed by atoms with Crippen LogP contribution in [0.1, 0.15) is 20.8 Å². The van der Waals surface area contributed by atoms with Gasteiger partial charge < -0.3 is 14.8 Å². The highest BCUT2D eigenvalue weighted by Crippen LogP contribution is 2.05. The zero-order chi connectivity index (χ0) is 11.0. The molecule has 0 aliphatic heterocycles. The van der Waals surface area contributed by atoms with Gasteiger partial charge in [0.05, 0.1) is 13.2 Å². The summed E-state index contributed by atoms with van der Waals surface area (Å²) in [6.45, 7) is 7.11. The van der Waals surface area contributed by atoms with Gasteiger partial charge >= 0.3 is 6.09 Å². The van der Waals surface area contributed by atoms with Gasteiger partial charge in [-0.1, -0.05) is 15.9 Å². The van der Waals surface area contributed by atoms with Gasteiger partial charge in [0.25, 0.3) is 0 Å². The van der Waals surface area contributed by atoms with Crippen LogP contribution in [-0.2, 0) is 9.47 Å². The lowest BCUT2D eigenvalue weighted by molar-refractivity contribution is 0.0503. The Balaban J connectivity index is 3.36. The van der Waals surface area contributed by atoms with Gasteiger partial charge in [0.1, 0.15) is 5.60 Å². The molecule has 1 N–H and O–H groups in total. The van der Waals surface area contributed by atoms with E-state index in [0.29, 0.717) is 19.8 Å². The molecule has 0 bridgehead atoms. The molecule has 0 radical (unpaired) electrons. The van der Waals surface area contributed by atoms with Gasteiger partial charge in [-0.3, -0.25) is 0 Å². The average molecular weight is 268 g/mol. The van der Waals surface area contributed by atoms with Crippen molar-refractivity contribution < 1.29 is 14.3 Å². The first kappa shape index (κ1) is 13.7. The maximum Gasteiger partial charge on any atom is 0.407 e. The Morgan fingerprint density at radius 1 is 1.36 bits per heavy atom. The maximum absolute atomic E-state index is 11.1. The Hall–Kier alpha value is -0.290. The van der Waals surface area contributed by atoms with Gasteiger partial charge in [-0.25, -0.2) is 4.79 Å². The number of rotatable bonds is 5. The average Bonchev–Trinajstić information content (AvgIpc) is 2.00. The van der Waals surface area contributed by atoms with Crippen molar-refractivity contribution in [1.29, 1.82) is 0 Å². The van der Waals surface area contributed by atoms with E-state index in [1.54, 1.807) is 0 Å². The standard InChI is InChI=1S/C9H18BrNO3/c1-9(2,3)14-8(12)11-5-7-13-6-4-10/h4-7H2,1-3H3,(H,11,12). The van der Waals surface area contributed by atoms with E-state index in [9.17, 15) is 4.79 Å². The van der Waals surface area contributed by atoms with E-state index >= 15 is 0 Å². The van der Waals surface area contributed by atoms with Gasteiger partial charge in [-0.05, 0) is 20.8 Å². The first-order chi connectivity index (χ1) is 6.45. The predicted molar refractivity (Wildman–Crippen MR) is 58.8 cm³/mol. The lowest BCUT2D eigenvalue weighted by Gasteiger charge is -2.19. The fourth-order valence-electron chi connectivity index (χ4n) is 0.696. The first-order valence-electron chi connectivity index (χ1n) is 4.56. The first-order valence-corrected chi connectivity index (χ1v) is 5.68. The Bertz CT molecular complexity index is 168.